The molecular formula is C16H30N2O. The van der Waals surface area contributed by atoms with Crippen LogP contribution in [0.15, 0.2) is 0 Å². The molecule has 0 bridgehead atoms. The highest BCUT2D eigenvalue weighted by Crippen LogP contribution is 2.36. The lowest BCUT2D eigenvalue weighted by molar-refractivity contribution is -0.131. The SMILES string of the molecule is CCC1(CC)CCN(C(=O)CN2CCCCCC2)C1. The van der Waals surface area contributed by atoms with Gasteiger partial charge in [-0.3, -0.25) is 9.69 Å². The van der Waals surface area contributed by atoms with Crippen LogP contribution in [-0.4, -0.2) is 48.4 Å². The lowest BCUT2D eigenvalue weighted by Crippen LogP contribution is -2.40. The van der Waals surface area contributed by atoms with E-state index >= 15 is 0 Å². The molecule has 2 aliphatic heterocycles. The molecule has 0 atom stereocenters. The number of nitrogens with zero attached hydrogens (tertiary/aromatic N) is 2. The molecule has 1 amide bonds. The first-order valence-electron chi connectivity index (χ1n) is 8.19. The Morgan fingerprint density at radius 2 is 1.63 bits per heavy atom. The smallest absolute Gasteiger partial charge is 0.236 e. The summed E-state index contributed by atoms with van der Waals surface area (Å²) in [6.45, 7) is 9.40. The van der Waals surface area contributed by atoms with Crippen LogP contribution in [0.25, 0.3) is 0 Å². The minimum absolute atomic E-state index is 0.366. The maximum atomic E-state index is 12.4. The summed E-state index contributed by atoms with van der Waals surface area (Å²) in [5.74, 6) is 0.366. The van der Waals surface area contributed by atoms with E-state index in [0.717, 1.165) is 26.2 Å². The van der Waals surface area contributed by atoms with Gasteiger partial charge in [-0.25, -0.2) is 0 Å². The van der Waals surface area contributed by atoms with Gasteiger partial charge in [0.15, 0.2) is 0 Å². The van der Waals surface area contributed by atoms with E-state index in [2.05, 4.69) is 23.6 Å². The molecule has 0 unspecified atom stereocenters. The van der Waals surface area contributed by atoms with E-state index in [0.29, 0.717) is 17.9 Å². The largest absolute Gasteiger partial charge is 0.341 e. The van der Waals surface area contributed by atoms with Crippen molar-refractivity contribution in [3.05, 3.63) is 0 Å². The van der Waals surface area contributed by atoms with Gasteiger partial charge in [0, 0.05) is 13.1 Å². The Morgan fingerprint density at radius 3 is 2.16 bits per heavy atom. The second-order valence-corrected chi connectivity index (χ2v) is 6.46. The van der Waals surface area contributed by atoms with Crippen LogP contribution >= 0.6 is 0 Å². The van der Waals surface area contributed by atoms with Gasteiger partial charge >= 0.3 is 0 Å². The number of hydrogen-bond acceptors (Lipinski definition) is 2. The molecule has 2 saturated heterocycles. The molecule has 3 nitrogen and oxygen atoms in total. The topological polar surface area (TPSA) is 23.6 Å². The lowest BCUT2D eigenvalue weighted by atomic mass is 9.82. The van der Waals surface area contributed by atoms with Crippen molar-refractivity contribution in [2.45, 2.75) is 58.8 Å². The molecule has 0 saturated carbocycles. The Hall–Kier alpha value is -0.570. The highest BCUT2D eigenvalue weighted by Gasteiger charge is 2.37. The predicted octanol–water partition coefficient (Wildman–Crippen LogP) is 2.90. The first kappa shape index (κ1) is 14.8. The molecule has 0 N–H and O–H groups in total. The van der Waals surface area contributed by atoms with E-state index in [9.17, 15) is 4.79 Å². The molecule has 0 aromatic carbocycles. The van der Waals surface area contributed by atoms with Crippen LogP contribution in [0.4, 0.5) is 0 Å². The fraction of sp³-hybridized carbons (Fsp3) is 0.938. The Bertz CT molecular complexity index is 291. The van der Waals surface area contributed by atoms with Crippen molar-refractivity contribution in [1.82, 2.24) is 9.80 Å². The predicted molar refractivity (Wildman–Crippen MR) is 79.1 cm³/mol. The molecule has 2 heterocycles. The summed E-state index contributed by atoms with van der Waals surface area (Å²) in [4.78, 5) is 16.9. The van der Waals surface area contributed by atoms with E-state index in [-0.39, 0.29) is 0 Å². The molecule has 0 aromatic heterocycles. The van der Waals surface area contributed by atoms with Crippen molar-refractivity contribution in [2.24, 2.45) is 5.41 Å². The van der Waals surface area contributed by atoms with Crippen LogP contribution in [0.1, 0.15) is 58.8 Å². The van der Waals surface area contributed by atoms with Crippen LogP contribution in [0.3, 0.4) is 0 Å². The average molecular weight is 266 g/mol. The summed E-state index contributed by atoms with van der Waals surface area (Å²) in [6.07, 6.45) is 8.81. The highest BCUT2D eigenvalue weighted by atomic mass is 16.2. The number of amides is 1. The third kappa shape index (κ3) is 3.71. The van der Waals surface area contributed by atoms with Gasteiger partial charge in [-0.1, -0.05) is 26.7 Å². The maximum absolute atomic E-state index is 12.4. The van der Waals surface area contributed by atoms with E-state index in [4.69, 9.17) is 0 Å². The molecule has 2 fully saturated rings. The van der Waals surface area contributed by atoms with Gasteiger partial charge in [-0.15, -0.1) is 0 Å². The van der Waals surface area contributed by atoms with Gasteiger partial charge in [0.25, 0.3) is 0 Å². The van der Waals surface area contributed by atoms with Crippen molar-refractivity contribution >= 4 is 5.91 Å². The molecule has 0 aromatic rings. The third-order valence-electron chi connectivity index (χ3n) is 5.35. The van der Waals surface area contributed by atoms with Gasteiger partial charge in [-0.05, 0) is 50.6 Å². The lowest BCUT2D eigenvalue weighted by Gasteiger charge is -2.27. The number of carbonyl (C=O) groups excluding carboxylic acids is 1. The Balaban J connectivity index is 1.83. The summed E-state index contributed by atoms with van der Waals surface area (Å²) in [5.41, 5.74) is 0.411. The van der Waals surface area contributed by atoms with Gasteiger partial charge in [0.05, 0.1) is 6.54 Å². The molecule has 2 aliphatic rings. The van der Waals surface area contributed by atoms with Crippen LogP contribution < -0.4 is 0 Å². The number of rotatable bonds is 4. The van der Waals surface area contributed by atoms with Gasteiger partial charge in [0.1, 0.15) is 0 Å². The number of carbonyl (C=O) groups is 1. The van der Waals surface area contributed by atoms with Crippen LogP contribution in [0.5, 0.6) is 0 Å². The van der Waals surface area contributed by atoms with Gasteiger partial charge < -0.3 is 4.90 Å². The van der Waals surface area contributed by atoms with Crippen molar-refractivity contribution in [2.75, 3.05) is 32.7 Å². The zero-order chi connectivity index (χ0) is 13.7. The molecule has 0 spiro atoms. The minimum atomic E-state index is 0.366. The molecule has 0 aliphatic carbocycles. The molecule has 0 radical (unpaired) electrons. The maximum Gasteiger partial charge on any atom is 0.236 e. The quantitative estimate of drug-likeness (QED) is 0.781. The molecule has 110 valence electrons. The fourth-order valence-corrected chi connectivity index (χ4v) is 3.56. The Morgan fingerprint density at radius 1 is 1.00 bits per heavy atom. The molecule has 19 heavy (non-hydrogen) atoms. The second-order valence-electron chi connectivity index (χ2n) is 6.46. The number of hydrogen-bond donors (Lipinski definition) is 0. The summed E-state index contributed by atoms with van der Waals surface area (Å²) < 4.78 is 0. The molecule has 3 heteroatoms. The Labute approximate surface area is 118 Å². The van der Waals surface area contributed by atoms with E-state index in [1.54, 1.807) is 0 Å². The second kappa shape index (κ2) is 6.74. The van der Waals surface area contributed by atoms with Gasteiger partial charge in [-0.2, -0.15) is 0 Å². The zero-order valence-electron chi connectivity index (χ0n) is 12.8. The number of likely N-dealkylation sites (tertiary alicyclic amines) is 2. The molecule has 2 rings (SSSR count). The summed E-state index contributed by atoms with van der Waals surface area (Å²) in [6, 6.07) is 0. The van der Waals surface area contributed by atoms with Crippen molar-refractivity contribution < 1.29 is 4.79 Å². The third-order valence-corrected chi connectivity index (χ3v) is 5.35. The monoisotopic (exact) mass is 266 g/mol. The Kier molecular flexibility index (Phi) is 5.26. The highest BCUT2D eigenvalue weighted by molar-refractivity contribution is 5.78. The minimum Gasteiger partial charge on any atom is -0.341 e. The average Bonchev–Trinajstić information content (AvgIpc) is 2.72. The van der Waals surface area contributed by atoms with E-state index < -0.39 is 0 Å². The van der Waals surface area contributed by atoms with Crippen molar-refractivity contribution in [3.8, 4) is 0 Å². The van der Waals surface area contributed by atoms with Gasteiger partial charge in [0.2, 0.25) is 5.91 Å². The fourth-order valence-electron chi connectivity index (χ4n) is 3.56. The van der Waals surface area contributed by atoms with Crippen molar-refractivity contribution in [1.29, 1.82) is 0 Å². The zero-order valence-corrected chi connectivity index (χ0v) is 12.8. The summed E-state index contributed by atoms with van der Waals surface area (Å²) in [7, 11) is 0. The summed E-state index contributed by atoms with van der Waals surface area (Å²) >= 11 is 0. The van der Waals surface area contributed by atoms with E-state index in [1.165, 1.54) is 44.9 Å². The first-order valence-corrected chi connectivity index (χ1v) is 8.19. The van der Waals surface area contributed by atoms with Crippen molar-refractivity contribution in [3.63, 3.8) is 0 Å². The van der Waals surface area contributed by atoms with Crippen LogP contribution in [0, 0.1) is 5.41 Å². The normalized spacial score (nSPS) is 24.4. The first-order chi connectivity index (χ1) is 9.19. The summed E-state index contributed by atoms with van der Waals surface area (Å²) in [5, 5.41) is 0. The van der Waals surface area contributed by atoms with Crippen LogP contribution in [-0.2, 0) is 4.79 Å². The van der Waals surface area contributed by atoms with E-state index in [1.807, 2.05) is 0 Å². The molecular weight excluding hydrogens is 236 g/mol. The standard InChI is InChI=1S/C16H30N2O/c1-3-16(4-2)9-12-18(14-16)15(19)13-17-10-7-5-6-8-11-17/h3-14H2,1-2H3. The van der Waals surface area contributed by atoms with Crippen LogP contribution in [0.2, 0.25) is 0 Å².